The number of aromatic nitrogens is 2. The van der Waals surface area contributed by atoms with Gasteiger partial charge >= 0.3 is 0 Å². The number of rotatable bonds is 3. The molecule has 1 N–H and O–H groups in total. The quantitative estimate of drug-likeness (QED) is 0.934. The minimum Gasteiger partial charge on any atom is -0.368 e. The van der Waals surface area contributed by atoms with E-state index in [1.165, 1.54) is 4.90 Å². The van der Waals surface area contributed by atoms with Crippen LogP contribution in [0, 0.1) is 0 Å². The molecule has 1 atom stereocenters. The third kappa shape index (κ3) is 2.60. The Morgan fingerprint density at radius 1 is 1.38 bits per heavy atom. The summed E-state index contributed by atoms with van der Waals surface area (Å²) in [5, 5.41) is 14.9. The van der Waals surface area contributed by atoms with Crippen molar-refractivity contribution in [3.63, 3.8) is 0 Å². The Morgan fingerprint density at radius 2 is 2.00 bits per heavy atom. The first-order chi connectivity index (χ1) is 9.72. The van der Waals surface area contributed by atoms with E-state index in [9.17, 15) is 9.90 Å². The Bertz CT molecular complexity index is 599. The summed E-state index contributed by atoms with van der Waals surface area (Å²) < 4.78 is 1.85. The van der Waals surface area contributed by atoms with E-state index in [-0.39, 0.29) is 16.4 Å². The number of aryl methyl sites for hydroxylation is 1. The van der Waals surface area contributed by atoms with Gasteiger partial charge in [-0.15, -0.1) is 0 Å². The number of halogens is 1. The number of carbonyl (C=O) groups excluding carboxylic acids is 1. The van der Waals surface area contributed by atoms with Crippen LogP contribution in [0.25, 0.3) is 0 Å². The maximum atomic E-state index is 12.4. The van der Waals surface area contributed by atoms with E-state index in [0.717, 1.165) is 5.69 Å². The molecule has 0 aromatic carbocycles. The Labute approximate surface area is 130 Å². The summed E-state index contributed by atoms with van der Waals surface area (Å²) in [6.45, 7) is 10.8. The minimum absolute atomic E-state index is 0.0974. The summed E-state index contributed by atoms with van der Waals surface area (Å²) >= 11 is 6.07. The van der Waals surface area contributed by atoms with Crippen LogP contribution in [-0.2, 0) is 16.8 Å². The van der Waals surface area contributed by atoms with Gasteiger partial charge in [0.05, 0.1) is 5.03 Å². The Hall–Kier alpha value is -1.33. The molecule has 6 heteroatoms. The number of hydrogen-bond donors (Lipinski definition) is 1. The van der Waals surface area contributed by atoms with Crippen LogP contribution in [-0.4, -0.2) is 27.0 Å². The highest BCUT2D eigenvalue weighted by molar-refractivity contribution is 6.35. The molecule has 2 rings (SSSR count). The second-order valence-corrected chi connectivity index (χ2v) is 6.59. The fourth-order valence-corrected chi connectivity index (χ4v) is 2.85. The Kier molecular flexibility index (Phi) is 4.17. The van der Waals surface area contributed by atoms with Crippen molar-refractivity contribution in [1.82, 2.24) is 9.78 Å². The van der Waals surface area contributed by atoms with Crippen LogP contribution < -0.4 is 4.90 Å². The third-order valence-corrected chi connectivity index (χ3v) is 4.10. The smallest absolute Gasteiger partial charge is 0.259 e. The van der Waals surface area contributed by atoms with E-state index >= 15 is 0 Å². The highest BCUT2D eigenvalue weighted by Gasteiger charge is 2.39. The molecule has 1 aromatic heterocycles. The first-order valence-corrected chi connectivity index (χ1v) is 7.58. The first-order valence-electron chi connectivity index (χ1n) is 7.20. The molecule has 5 nitrogen and oxygen atoms in total. The van der Waals surface area contributed by atoms with Crippen molar-refractivity contribution in [2.24, 2.45) is 0 Å². The van der Waals surface area contributed by atoms with Gasteiger partial charge < -0.3 is 5.11 Å². The van der Waals surface area contributed by atoms with Gasteiger partial charge in [-0.05, 0) is 13.3 Å². The molecule has 0 fully saturated rings. The minimum atomic E-state index is -1.14. The number of aliphatic hydroxyl groups is 1. The monoisotopic (exact) mass is 311 g/mol. The van der Waals surface area contributed by atoms with Gasteiger partial charge in [-0.2, -0.15) is 5.10 Å². The van der Waals surface area contributed by atoms with Crippen molar-refractivity contribution in [3.8, 4) is 0 Å². The summed E-state index contributed by atoms with van der Waals surface area (Å²) in [5.74, 6) is 0.178. The number of amides is 1. The lowest BCUT2D eigenvalue weighted by atomic mass is 9.92. The van der Waals surface area contributed by atoms with Crippen LogP contribution >= 0.6 is 11.6 Å². The fraction of sp³-hybridized carbons (Fsp3) is 0.600. The van der Waals surface area contributed by atoms with Crippen LogP contribution in [0.5, 0.6) is 0 Å². The molecule has 0 saturated carbocycles. The second-order valence-electron chi connectivity index (χ2n) is 6.18. The number of hydrogen-bond acceptors (Lipinski definition) is 3. The van der Waals surface area contributed by atoms with E-state index in [0.29, 0.717) is 24.4 Å². The summed E-state index contributed by atoms with van der Waals surface area (Å²) in [4.78, 5) is 13.7. The van der Waals surface area contributed by atoms with Crippen LogP contribution in [0.1, 0.15) is 46.7 Å². The number of aliphatic hydroxyl groups excluding tert-OH is 1. The number of carbonyl (C=O) groups is 1. The molecule has 0 spiro atoms. The molecular formula is C15H22ClN3O2. The average Bonchev–Trinajstić information content (AvgIpc) is 2.90. The van der Waals surface area contributed by atoms with Gasteiger partial charge in [-0.1, -0.05) is 39.3 Å². The van der Waals surface area contributed by atoms with Gasteiger partial charge in [-0.3, -0.25) is 14.4 Å². The van der Waals surface area contributed by atoms with Gasteiger partial charge in [0, 0.05) is 29.3 Å². The highest BCUT2D eigenvalue weighted by atomic mass is 35.5. The zero-order chi connectivity index (χ0) is 15.9. The molecule has 1 aliphatic heterocycles. The number of anilines is 1. The molecular weight excluding hydrogens is 290 g/mol. The molecule has 0 radical (unpaired) electrons. The standard InChI is InChI=1S/C15H22ClN3O2/c1-6-9-12(16)14(21)19(13(9)20)11-8-10(15(3,4)5)18(7-2)17-11/h8,14,21H,6-7H2,1-5H3. The van der Waals surface area contributed by atoms with Crippen LogP contribution in [0.3, 0.4) is 0 Å². The second kappa shape index (κ2) is 5.46. The zero-order valence-electron chi connectivity index (χ0n) is 13.1. The predicted molar refractivity (Wildman–Crippen MR) is 83.3 cm³/mol. The largest absolute Gasteiger partial charge is 0.368 e. The van der Waals surface area contributed by atoms with Gasteiger partial charge in [0.15, 0.2) is 12.0 Å². The van der Waals surface area contributed by atoms with Crippen LogP contribution in [0.4, 0.5) is 5.82 Å². The Morgan fingerprint density at radius 3 is 2.38 bits per heavy atom. The van der Waals surface area contributed by atoms with Crippen molar-refractivity contribution in [1.29, 1.82) is 0 Å². The summed E-state index contributed by atoms with van der Waals surface area (Å²) in [5.41, 5.74) is 1.37. The fourth-order valence-electron chi connectivity index (χ4n) is 2.54. The van der Waals surface area contributed by atoms with E-state index in [1.54, 1.807) is 0 Å². The lowest BCUT2D eigenvalue weighted by molar-refractivity contribution is -0.115. The van der Waals surface area contributed by atoms with E-state index in [4.69, 9.17) is 11.6 Å². The number of nitrogens with zero attached hydrogens (tertiary/aromatic N) is 3. The van der Waals surface area contributed by atoms with E-state index in [2.05, 4.69) is 25.9 Å². The summed E-state index contributed by atoms with van der Waals surface area (Å²) in [7, 11) is 0. The van der Waals surface area contributed by atoms with Crippen molar-refractivity contribution >= 4 is 23.3 Å². The van der Waals surface area contributed by atoms with Crippen LogP contribution in [0.15, 0.2) is 16.7 Å². The normalized spacial score (nSPS) is 19.9. The SMILES string of the molecule is CCC1=C(Cl)C(O)N(c2cc(C(C)(C)C)n(CC)n2)C1=O. The van der Waals surface area contributed by atoms with Gasteiger partial charge in [0.25, 0.3) is 5.91 Å². The molecule has 116 valence electrons. The molecule has 1 aliphatic rings. The highest BCUT2D eigenvalue weighted by Crippen LogP contribution is 2.35. The lowest BCUT2D eigenvalue weighted by Crippen LogP contribution is -2.35. The maximum Gasteiger partial charge on any atom is 0.259 e. The summed E-state index contributed by atoms with van der Waals surface area (Å²) in [6.07, 6.45) is -0.645. The van der Waals surface area contributed by atoms with Crippen molar-refractivity contribution < 1.29 is 9.90 Å². The van der Waals surface area contributed by atoms with E-state index < -0.39 is 6.23 Å². The van der Waals surface area contributed by atoms with Crippen molar-refractivity contribution in [2.45, 2.75) is 59.2 Å². The van der Waals surface area contributed by atoms with Gasteiger partial charge in [0.2, 0.25) is 0 Å². The molecule has 0 saturated heterocycles. The summed E-state index contributed by atoms with van der Waals surface area (Å²) in [6, 6.07) is 1.85. The van der Waals surface area contributed by atoms with Gasteiger partial charge in [-0.25, -0.2) is 0 Å². The lowest BCUT2D eigenvalue weighted by Gasteiger charge is -2.19. The molecule has 2 heterocycles. The van der Waals surface area contributed by atoms with Crippen molar-refractivity contribution in [2.75, 3.05) is 4.90 Å². The van der Waals surface area contributed by atoms with Gasteiger partial charge in [0.1, 0.15) is 0 Å². The first kappa shape index (κ1) is 16.0. The third-order valence-electron chi connectivity index (χ3n) is 3.67. The molecule has 0 bridgehead atoms. The van der Waals surface area contributed by atoms with E-state index in [1.807, 2.05) is 24.6 Å². The average molecular weight is 312 g/mol. The Balaban J connectivity index is 2.46. The molecule has 0 aliphatic carbocycles. The maximum absolute atomic E-state index is 12.4. The molecule has 1 aromatic rings. The molecule has 1 amide bonds. The molecule has 1 unspecified atom stereocenters. The van der Waals surface area contributed by atoms with Crippen LogP contribution in [0.2, 0.25) is 0 Å². The predicted octanol–water partition coefficient (Wildman–Crippen LogP) is 2.77. The molecule has 21 heavy (non-hydrogen) atoms. The van der Waals surface area contributed by atoms with Crippen molar-refractivity contribution in [3.05, 3.63) is 22.4 Å². The zero-order valence-corrected chi connectivity index (χ0v) is 13.9. The topological polar surface area (TPSA) is 58.4 Å².